The maximum absolute atomic E-state index is 13.2. The maximum Gasteiger partial charge on any atom is 0.394 e. The first-order valence-corrected chi connectivity index (χ1v) is 6.38. The second-order valence-corrected chi connectivity index (χ2v) is 4.54. The molecule has 108 valence electrons. The molecule has 0 aliphatic carbocycles. The van der Waals surface area contributed by atoms with E-state index in [9.17, 15) is 14.5 Å². The molecule has 8 nitrogen and oxygen atoms in total. The summed E-state index contributed by atoms with van der Waals surface area (Å²) < 4.78 is 44.8. The van der Waals surface area contributed by atoms with Gasteiger partial charge in [-0.2, -0.15) is 12.8 Å². The summed E-state index contributed by atoms with van der Waals surface area (Å²) in [6.07, 6.45) is 1.50. The van der Waals surface area contributed by atoms with Crippen LogP contribution < -0.4 is 0 Å². The summed E-state index contributed by atoms with van der Waals surface area (Å²) in [7, 11) is -4.67. The minimum Gasteiger partial charge on any atom is -0.264 e. The van der Waals surface area contributed by atoms with E-state index in [4.69, 9.17) is 17.5 Å². The van der Waals surface area contributed by atoms with Crippen molar-refractivity contribution in [1.82, 2.24) is 4.98 Å². The number of aryl methyl sites for hydroxylation is 1. The Labute approximate surface area is 112 Å². The number of hydrogen-bond acceptors (Lipinski definition) is 5. The van der Waals surface area contributed by atoms with E-state index in [1.807, 2.05) is 0 Å². The van der Waals surface area contributed by atoms with Gasteiger partial charge >= 0.3 is 16.1 Å². The molecule has 10 heteroatoms. The third kappa shape index (κ3) is 4.50. The Morgan fingerprint density at radius 3 is 2.40 bits per heavy atom. The van der Waals surface area contributed by atoms with Gasteiger partial charge in [0.05, 0.1) is 10.3 Å². The van der Waals surface area contributed by atoms with Gasteiger partial charge in [-0.25, -0.2) is 0 Å². The molecule has 2 N–H and O–H groups in total. The molecule has 0 spiro atoms. The predicted molar refractivity (Wildman–Crippen MR) is 67.3 cm³/mol. The van der Waals surface area contributed by atoms with Crippen LogP contribution in [-0.2, 0) is 10.4 Å². The highest BCUT2D eigenvalue weighted by Gasteiger charge is 2.18. The van der Waals surface area contributed by atoms with Crippen molar-refractivity contribution in [3.63, 3.8) is 0 Å². The summed E-state index contributed by atoms with van der Waals surface area (Å²) in [4.78, 5) is 14.0. The lowest BCUT2D eigenvalue weighted by atomic mass is 10.1. The van der Waals surface area contributed by atoms with E-state index in [0.29, 0.717) is 11.1 Å². The van der Waals surface area contributed by atoms with E-state index in [1.54, 1.807) is 6.92 Å². The molecule has 1 heterocycles. The van der Waals surface area contributed by atoms with E-state index in [1.165, 1.54) is 18.3 Å². The smallest absolute Gasteiger partial charge is 0.264 e. The first kappa shape index (κ1) is 15.9. The van der Waals surface area contributed by atoms with Crippen molar-refractivity contribution in [1.29, 1.82) is 0 Å². The van der Waals surface area contributed by atoms with Crippen LogP contribution in [0.2, 0.25) is 0 Å². The average Bonchev–Trinajstić information content (AvgIpc) is 2.25. The second kappa shape index (κ2) is 5.86. The molecule has 2 rings (SSSR count). The molecule has 20 heavy (non-hydrogen) atoms. The molecule has 1 aromatic heterocycles. The summed E-state index contributed by atoms with van der Waals surface area (Å²) in [5.41, 5.74) is 0.134. The number of nitrogens with zero attached hydrogens (tertiary/aromatic N) is 2. The summed E-state index contributed by atoms with van der Waals surface area (Å²) in [6, 6.07) is 4.07. The van der Waals surface area contributed by atoms with Crippen LogP contribution >= 0.6 is 0 Å². The fraction of sp³-hybridized carbons (Fsp3) is 0.100. The highest BCUT2D eigenvalue weighted by atomic mass is 32.3. The highest BCUT2D eigenvalue weighted by molar-refractivity contribution is 7.79. The fourth-order valence-corrected chi connectivity index (χ4v) is 1.46. The van der Waals surface area contributed by atoms with Crippen molar-refractivity contribution in [3.8, 4) is 0 Å². The Morgan fingerprint density at radius 1 is 1.35 bits per heavy atom. The fourth-order valence-electron chi connectivity index (χ4n) is 1.46. The van der Waals surface area contributed by atoms with Gasteiger partial charge in [-0.1, -0.05) is 0 Å². The lowest BCUT2D eigenvalue weighted by Gasteiger charge is -2.00. The molecule has 0 radical (unpaired) electrons. The molecule has 0 bridgehead atoms. The summed E-state index contributed by atoms with van der Waals surface area (Å²) >= 11 is 0. The number of nitro groups is 1. The first-order chi connectivity index (χ1) is 9.09. The van der Waals surface area contributed by atoms with Crippen LogP contribution in [0.4, 0.5) is 10.1 Å². The van der Waals surface area contributed by atoms with E-state index >= 15 is 0 Å². The van der Waals surface area contributed by atoms with Crippen molar-refractivity contribution in [3.05, 3.63) is 46.0 Å². The Morgan fingerprint density at radius 2 is 1.90 bits per heavy atom. The summed E-state index contributed by atoms with van der Waals surface area (Å²) in [6.45, 7) is 1.70. The normalized spacial score (nSPS) is 10.8. The molecule has 2 aromatic rings. The van der Waals surface area contributed by atoms with Gasteiger partial charge in [0, 0.05) is 17.3 Å². The van der Waals surface area contributed by atoms with E-state index in [-0.39, 0.29) is 5.39 Å². The number of nitro benzene ring substituents is 1. The van der Waals surface area contributed by atoms with Crippen molar-refractivity contribution < 1.29 is 26.8 Å². The SMILES string of the molecule is Cc1cc2c([N+](=O)[O-])c(F)ccc2cn1.O=S(=O)(O)O. The van der Waals surface area contributed by atoms with Crippen LogP contribution in [0.15, 0.2) is 24.4 Å². The van der Waals surface area contributed by atoms with Crippen LogP contribution in [0.3, 0.4) is 0 Å². The summed E-state index contributed by atoms with van der Waals surface area (Å²) in [5.74, 6) is -0.821. The molecule has 0 aliphatic rings. The van der Waals surface area contributed by atoms with E-state index < -0.39 is 26.8 Å². The Kier molecular flexibility index (Phi) is 4.65. The van der Waals surface area contributed by atoms with Crippen molar-refractivity contribution >= 4 is 26.9 Å². The third-order valence-corrected chi connectivity index (χ3v) is 2.14. The van der Waals surface area contributed by atoms with Crippen molar-refractivity contribution in [2.24, 2.45) is 0 Å². The molecule has 0 fully saturated rings. The molecule has 1 aromatic carbocycles. The molecule has 0 saturated carbocycles. The number of fused-ring (bicyclic) bond motifs is 1. The zero-order valence-electron chi connectivity index (χ0n) is 10.0. The van der Waals surface area contributed by atoms with E-state index in [2.05, 4.69) is 4.98 Å². The molecular formula is C10H9FN2O6S. The van der Waals surface area contributed by atoms with E-state index in [0.717, 1.165) is 6.07 Å². The highest BCUT2D eigenvalue weighted by Crippen LogP contribution is 2.28. The molecule has 0 atom stereocenters. The number of benzene rings is 1. The van der Waals surface area contributed by atoms with Crippen LogP contribution in [0.25, 0.3) is 10.8 Å². The predicted octanol–water partition coefficient (Wildman–Crippen LogP) is 1.94. The number of halogens is 1. The zero-order valence-corrected chi connectivity index (χ0v) is 10.8. The lowest BCUT2D eigenvalue weighted by molar-refractivity contribution is -0.385. The van der Waals surface area contributed by atoms with Crippen LogP contribution in [-0.4, -0.2) is 27.4 Å². The largest absolute Gasteiger partial charge is 0.394 e. The topological polar surface area (TPSA) is 131 Å². The zero-order chi connectivity index (χ0) is 15.5. The van der Waals surface area contributed by atoms with Gasteiger partial charge in [-0.05, 0) is 25.1 Å². The number of pyridine rings is 1. The number of hydrogen-bond donors (Lipinski definition) is 2. The molecular weight excluding hydrogens is 295 g/mol. The third-order valence-electron chi connectivity index (χ3n) is 2.14. The number of rotatable bonds is 1. The average molecular weight is 304 g/mol. The van der Waals surface area contributed by atoms with Crippen LogP contribution in [0.1, 0.15) is 5.69 Å². The molecule has 0 aliphatic heterocycles. The second-order valence-electron chi connectivity index (χ2n) is 3.65. The van der Waals surface area contributed by atoms with Crippen molar-refractivity contribution in [2.75, 3.05) is 0 Å². The molecule has 0 unspecified atom stereocenters. The Bertz CT molecular complexity index is 748. The Hall–Kier alpha value is -2.17. The Balaban J connectivity index is 0.000000347. The van der Waals surface area contributed by atoms with Gasteiger partial charge in [0.1, 0.15) is 0 Å². The van der Waals surface area contributed by atoms with Gasteiger partial charge < -0.3 is 0 Å². The van der Waals surface area contributed by atoms with Gasteiger partial charge in [0.25, 0.3) is 0 Å². The maximum atomic E-state index is 13.2. The molecule has 0 amide bonds. The molecule has 0 saturated heterocycles. The minimum absolute atomic E-state index is 0.285. The van der Waals surface area contributed by atoms with Gasteiger partial charge in [-0.15, -0.1) is 0 Å². The van der Waals surface area contributed by atoms with Crippen molar-refractivity contribution in [2.45, 2.75) is 6.92 Å². The monoisotopic (exact) mass is 304 g/mol. The number of aromatic nitrogens is 1. The standard InChI is InChI=1S/C10H7FN2O2.H2O4S/c1-6-4-8-7(5-12-6)2-3-9(11)10(8)13(14)15;1-5(2,3)4/h2-5H,1H3;(H2,1,2,3,4). The minimum atomic E-state index is -4.67. The first-order valence-electron chi connectivity index (χ1n) is 4.98. The lowest BCUT2D eigenvalue weighted by Crippen LogP contribution is -1.94. The van der Waals surface area contributed by atoms with Gasteiger partial charge in [0.2, 0.25) is 5.82 Å². The quantitative estimate of drug-likeness (QED) is 0.467. The van der Waals surface area contributed by atoms with Gasteiger partial charge in [0.15, 0.2) is 0 Å². The van der Waals surface area contributed by atoms with Gasteiger partial charge in [-0.3, -0.25) is 24.2 Å². The van der Waals surface area contributed by atoms with Crippen LogP contribution in [0.5, 0.6) is 0 Å². The van der Waals surface area contributed by atoms with Crippen LogP contribution in [0, 0.1) is 22.9 Å². The summed E-state index contributed by atoms with van der Waals surface area (Å²) in [5, 5.41) is 11.5.